The van der Waals surface area contributed by atoms with Crippen molar-refractivity contribution in [3.8, 4) is 0 Å². The molecule has 2 rings (SSSR count). The van der Waals surface area contributed by atoms with Crippen LogP contribution in [0.15, 0.2) is 34.7 Å². The van der Waals surface area contributed by atoms with E-state index in [4.69, 9.17) is 0 Å². The van der Waals surface area contributed by atoms with Gasteiger partial charge in [-0.3, -0.25) is 0 Å². The summed E-state index contributed by atoms with van der Waals surface area (Å²) in [7, 11) is 0. The summed E-state index contributed by atoms with van der Waals surface area (Å²) in [4.78, 5) is 1.31. The normalized spacial score (nSPS) is 13.9. The van der Waals surface area contributed by atoms with E-state index in [0.29, 0.717) is 0 Å². The molecule has 0 atom stereocenters. The van der Waals surface area contributed by atoms with E-state index in [1.54, 1.807) is 11.8 Å². The first-order valence-electron chi connectivity index (χ1n) is 3.56. The third-order valence-electron chi connectivity index (χ3n) is 1.73. The lowest BCUT2D eigenvalue weighted by molar-refractivity contribution is 1.33. The van der Waals surface area contributed by atoms with Crippen molar-refractivity contribution in [1.29, 1.82) is 0 Å². The van der Waals surface area contributed by atoms with Crippen molar-refractivity contribution >= 4 is 17.4 Å². The van der Waals surface area contributed by atoms with E-state index < -0.39 is 0 Å². The number of hydrogen-bond donors (Lipinski definition) is 1. The molecule has 0 aliphatic carbocycles. The average molecular weight is 163 g/mol. The first-order valence-corrected chi connectivity index (χ1v) is 4.44. The van der Waals surface area contributed by atoms with Gasteiger partial charge in [-0.2, -0.15) is 0 Å². The summed E-state index contributed by atoms with van der Waals surface area (Å²) in [6, 6.07) is 6.33. The second-order valence-corrected chi connectivity index (χ2v) is 3.46. The minimum absolute atomic E-state index is 1.25. The number of hydrogen-bond acceptors (Lipinski definition) is 2. The largest absolute Gasteiger partial charge is 0.360 e. The maximum absolute atomic E-state index is 3.23. The van der Waals surface area contributed by atoms with Crippen molar-refractivity contribution in [2.45, 2.75) is 11.8 Å². The highest BCUT2D eigenvalue weighted by Crippen LogP contribution is 2.33. The van der Waals surface area contributed by atoms with E-state index in [1.165, 1.54) is 16.1 Å². The minimum atomic E-state index is 1.25. The first kappa shape index (κ1) is 6.80. The van der Waals surface area contributed by atoms with Crippen LogP contribution in [0.5, 0.6) is 0 Å². The van der Waals surface area contributed by atoms with Gasteiger partial charge in [0.15, 0.2) is 0 Å². The fourth-order valence-electron chi connectivity index (χ4n) is 1.15. The summed E-state index contributed by atoms with van der Waals surface area (Å²) in [5, 5.41) is 5.29. The fourth-order valence-corrected chi connectivity index (χ4v) is 1.93. The predicted molar refractivity (Wildman–Crippen MR) is 49.8 cm³/mol. The summed E-state index contributed by atoms with van der Waals surface area (Å²) >= 11 is 1.76. The monoisotopic (exact) mass is 163 g/mol. The van der Waals surface area contributed by atoms with Gasteiger partial charge in [0, 0.05) is 11.1 Å². The van der Waals surface area contributed by atoms with Gasteiger partial charge in [0.25, 0.3) is 0 Å². The van der Waals surface area contributed by atoms with E-state index in [0.717, 1.165) is 0 Å². The second kappa shape index (κ2) is 2.62. The van der Waals surface area contributed by atoms with Crippen LogP contribution in [0.4, 0.5) is 5.69 Å². The Morgan fingerprint density at radius 2 is 2.27 bits per heavy atom. The van der Waals surface area contributed by atoms with Crippen LogP contribution in [0.1, 0.15) is 5.56 Å². The molecular weight excluding hydrogens is 154 g/mol. The minimum Gasteiger partial charge on any atom is -0.360 e. The number of anilines is 1. The molecule has 1 heterocycles. The van der Waals surface area contributed by atoms with Gasteiger partial charge in [-0.1, -0.05) is 23.9 Å². The molecule has 0 fully saturated rings. The molecule has 1 aliphatic heterocycles. The van der Waals surface area contributed by atoms with Crippen LogP contribution in [0.3, 0.4) is 0 Å². The first-order chi connectivity index (χ1) is 5.38. The third-order valence-corrected chi connectivity index (χ3v) is 2.59. The molecule has 2 heteroatoms. The zero-order valence-electron chi connectivity index (χ0n) is 6.29. The Morgan fingerprint density at radius 1 is 1.36 bits per heavy atom. The van der Waals surface area contributed by atoms with Crippen LogP contribution < -0.4 is 5.32 Å². The summed E-state index contributed by atoms with van der Waals surface area (Å²) < 4.78 is 0. The Kier molecular flexibility index (Phi) is 1.62. The predicted octanol–water partition coefficient (Wildman–Crippen LogP) is 2.98. The van der Waals surface area contributed by atoms with Crippen molar-refractivity contribution < 1.29 is 0 Å². The van der Waals surface area contributed by atoms with Gasteiger partial charge < -0.3 is 5.32 Å². The molecule has 1 aromatic carbocycles. The smallest absolute Gasteiger partial charge is 0.0551 e. The van der Waals surface area contributed by atoms with Crippen LogP contribution in [-0.4, -0.2) is 0 Å². The van der Waals surface area contributed by atoms with E-state index in [9.17, 15) is 0 Å². The number of benzene rings is 1. The van der Waals surface area contributed by atoms with Crippen LogP contribution in [0, 0.1) is 6.92 Å². The number of para-hydroxylation sites is 1. The van der Waals surface area contributed by atoms with Crippen LogP contribution >= 0.6 is 11.8 Å². The van der Waals surface area contributed by atoms with Crippen LogP contribution in [0.25, 0.3) is 0 Å². The highest BCUT2D eigenvalue weighted by molar-refractivity contribution is 8.02. The Labute approximate surface area is 70.5 Å². The molecule has 56 valence electrons. The maximum atomic E-state index is 3.23. The van der Waals surface area contributed by atoms with Gasteiger partial charge in [-0.15, -0.1) is 0 Å². The number of thioether (sulfide) groups is 1. The summed E-state index contributed by atoms with van der Waals surface area (Å²) in [6.45, 7) is 2.12. The Bertz CT molecular complexity index is 304. The van der Waals surface area contributed by atoms with E-state index in [-0.39, 0.29) is 0 Å². The van der Waals surface area contributed by atoms with Gasteiger partial charge in [0.05, 0.1) is 5.69 Å². The quantitative estimate of drug-likeness (QED) is 0.631. The number of nitrogens with one attached hydrogen (secondary N) is 1. The van der Waals surface area contributed by atoms with Gasteiger partial charge in [0.2, 0.25) is 0 Å². The van der Waals surface area contributed by atoms with Crippen LogP contribution in [-0.2, 0) is 0 Å². The second-order valence-electron chi connectivity index (χ2n) is 2.51. The SMILES string of the molecule is Cc1cccc2c1NC=CS2. The third kappa shape index (κ3) is 1.14. The summed E-state index contributed by atoms with van der Waals surface area (Å²) in [5.74, 6) is 0. The standard InChI is InChI=1S/C9H9NS/c1-7-3-2-4-8-9(7)10-5-6-11-8/h2-6,10H,1H3. The molecule has 0 radical (unpaired) electrons. The van der Waals surface area contributed by atoms with Crippen molar-refractivity contribution in [3.63, 3.8) is 0 Å². The van der Waals surface area contributed by atoms with Crippen molar-refractivity contribution in [2.75, 3.05) is 5.32 Å². The van der Waals surface area contributed by atoms with Gasteiger partial charge in [0.1, 0.15) is 0 Å². The zero-order chi connectivity index (χ0) is 7.68. The summed E-state index contributed by atoms with van der Waals surface area (Å²) in [6.07, 6.45) is 1.97. The van der Waals surface area contributed by atoms with Gasteiger partial charge in [-0.05, 0) is 24.0 Å². The molecule has 0 amide bonds. The number of rotatable bonds is 0. The molecular formula is C9H9NS. The average Bonchev–Trinajstić information content (AvgIpc) is 2.06. The maximum Gasteiger partial charge on any atom is 0.0551 e. The van der Waals surface area contributed by atoms with Crippen molar-refractivity contribution in [3.05, 3.63) is 35.4 Å². The molecule has 1 N–H and O–H groups in total. The van der Waals surface area contributed by atoms with E-state index in [1.807, 2.05) is 6.20 Å². The summed E-state index contributed by atoms with van der Waals surface area (Å²) in [5.41, 5.74) is 2.55. The Hall–Kier alpha value is -0.890. The number of fused-ring (bicyclic) bond motifs is 1. The van der Waals surface area contributed by atoms with Gasteiger partial charge >= 0.3 is 0 Å². The molecule has 1 aliphatic rings. The van der Waals surface area contributed by atoms with E-state index in [2.05, 4.69) is 35.8 Å². The molecule has 1 aromatic rings. The zero-order valence-corrected chi connectivity index (χ0v) is 7.11. The molecule has 0 aromatic heterocycles. The highest BCUT2D eigenvalue weighted by atomic mass is 32.2. The lowest BCUT2D eigenvalue weighted by Crippen LogP contribution is -1.95. The van der Waals surface area contributed by atoms with Crippen molar-refractivity contribution in [2.24, 2.45) is 0 Å². The van der Waals surface area contributed by atoms with Crippen molar-refractivity contribution in [1.82, 2.24) is 0 Å². The van der Waals surface area contributed by atoms with Gasteiger partial charge in [-0.25, -0.2) is 0 Å². The molecule has 0 saturated carbocycles. The fraction of sp³-hybridized carbons (Fsp3) is 0.111. The molecule has 11 heavy (non-hydrogen) atoms. The van der Waals surface area contributed by atoms with E-state index >= 15 is 0 Å². The molecule has 0 bridgehead atoms. The van der Waals surface area contributed by atoms with Crippen LogP contribution in [0.2, 0.25) is 0 Å². The molecule has 0 unspecified atom stereocenters. The molecule has 0 spiro atoms. The highest BCUT2D eigenvalue weighted by Gasteiger charge is 2.05. The molecule has 1 nitrogen and oxygen atoms in total. The Morgan fingerprint density at radius 3 is 3.09 bits per heavy atom. The molecule has 0 saturated heterocycles. The lowest BCUT2D eigenvalue weighted by atomic mass is 10.2. The number of aryl methyl sites for hydroxylation is 1. The lowest BCUT2D eigenvalue weighted by Gasteiger charge is -2.13. The Balaban J connectivity index is 2.54. The topological polar surface area (TPSA) is 12.0 Å².